The zero-order valence-electron chi connectivity index (χ0n) is 11.6. The Balaban J connectivity index is 2.01. The van der Waals surface area contributed by atoms with Crippen LogP contribution in [0.4, 0.5) is 0 Å². The number of para-hydroxylation sites is 1. The predicted octanol–water partition coefficient (Wildman–Crippen LogP) is 3.93. The van der Waals surface area contributed by atoms with Crippen molar-refractivity contribution in [2.24, 2.45) is 5.92 Å². The average molecular weight is 247 g/mol. The molecule has 0 amide bonds. The van der Waals surface area contributed by atoms with Gasteiger partial charge in [0.25, 0.3) is 0 Å². The first-order chi connectivity index (χ1) is 8.85. The van der Waals surface area contributed by atoms with Gasteiger partial charge in [-0.05, 0) is 38.3 Å². The first kappa shape index (κ1) is 13.4. The van der Waals surface area contributed by atoms with Gasteiger partial charge in [-0.25, -0.2) is 0 Å². The van der Waals surface area contributed by atoms with Crippen molar-refractivity contribution in [1.29, 1.82) is 0 Å². The summed E-state index contributed by atoms with van der Waals surface area (Å²) in [6.45, 7) is 3.09. The second kappa shape index (κ2) is 6.79. The number of ether oxygens (including phenoxy) is 1. The van der Waals surface area contributed by atoms with Crippen molar-refractivity contribution in [3.63, 3.8) is 0 Å². The molecule has 0 bridgehead atoms. The van der Waals surface area contributed by atoms with Crippen LogP contribution in [-0.2, 0) is 0 Å². The summed E-state index contributed by atoms with van der Waals surface area (Å²) in [7, 11) is 2.02. The van der Waals surface area contributed by atoms with E-state index in [1.54, 1.807) is 0 Å². The molecule has 0 aliphatic heterocycles. The molecule has 1 atom stereocenters. The molecular formula is C16H25NO. The fraction of sp³-hybridized carbons (Fsp3) is 0.625. The average Bonchev–Trinajstić information content (AvgIpc) is 2.92. The van der Waals surface area contributed by atoms with Gasteiger partial charge in [-0.3, -0.25) is 0 Å². The summed E-state index contributed by atoms with van der Waals surface area (Å²) in [5.41, 5.74) is 1.29. The van der Waals surface area contributed by atoms with E-state index in [-0.39, 0.29) is 0 Å². The van der Waals surface area contributed by atoms with Gasteiger partial charge in [-0.2, -0.15) is 0 Å². The lowest BCUT2D eigenvalue weighted by Crippen LogP contribution is -2.17. The third-order valence-corrected chi connectivity index (χ3v) is 4.00. The highest BCUT2D eigenvalue weighted by atomic mass is 16.5. The van der Waals surface area contributed by atoms with E-state index < -0.39 is 0 Å². The maximum Gasteiger partial charge on any atom is 0.124 e. The van der Waals surface area contributed by atoms with E-state index in [9.17, 15) is 0 Å². The number of hydrogen-bond donors (Lipinski definition) is 1. The Bertz CT molecular complexity index is 354. The summed E-state index contributed by atoms with van der Waals surface area (Å²) in [5, 5.41) is 3.36. The Morgan fingerprint density at radius 1 is 1.28 bits per heavy atom. The van der Waals surface area contributed by atoms with Gasteiger partial charge in [-0.1, -0.05) is 38.0 Å². The molecule has 1 unspecified atom stereocenters. The van der Waals surface area contributed by atoms with E-state index in [2.05, 4.69) is 36.5 Å². The van der Waals surface area contributed by atoms with E-state index in [0.717, 1.165) is 24.7 Å². The van der Waals surface area contributed by atoms with Gasteiger partial charge in [0.2, 0.25) is 0 Å². The number of benzene rings is 1. The molecule has 1 aliphatic carbocycles. The Morgan fingerprint density at radius 2 is 2.00 bits per heavy atom. The van der Waals surface area contributed by atoms with Crippen molar-refractivity contribution in [2.75, 3.05) is 13.7 Å². The van der Waals surface area contributed by atoms with Crippen molar-refractivity contribution in [1.82, 2.24) is 5.32 Å². The maximum absolute atomic E-state index is 6.07. The molecule has 1 aromatic rings. The van der Waals surface area contributed by atoms with E-state index in [4.69, 9.17) is 4.74 Å². The van der Waals surface area contributed by atoms with Crippen LogP contribution in [0.5, 0.6) is 5.75 Å². The molecule has 2 nitrogen and oxygen atoms in total. The molecule has 0 spiro atoms. The van der Waals surface area contributed by atoms with Gasteiger partial charge in [0.1, 0.15) is 5.75 Å². The standard InChI is InChI=1S/C16H25NO/c1-3-15(17-2)14-10-6-7-11-16(14)18-12-13-8-4-5-9-13/h6-7,10-11,13,15,17H,3-5,8-9,12H2,1-2H3. The summed E-state index contributed by atoms with van der Waals surface area (Å²) >= 11 is 0. The van der Waals surface area contributed by atoms with Crippen LogP contribution in [0.25, 0.3) is 0 Å². The first-order valence-corrected chi connectivity index (χ1v) is 7.24. The molecule has 100 valence electrons. The van der Waals surface area contributed by atoms with Crippen LogP contribution < -0.4 is 10.1 Å². The van der Waals surface area contributed by atoms with E-state index >= 15 is 0 Å². The summed E-state index contributed by atoms with van der Waals surface area (Å²) in [4.78, 5) is 0. The van der Waals surface area contributed by atoms with E-state index in [0.29, 0.717) is 6.04 Å². The fourth-order valence-electron chi connectivity index (χ4n) is 2.86. The minimum absolute atomic E-state index is 0.393. The molecule has 2 heteroatoms. The predicted molar refractivity (Wildman–Crippen MR) is 76.0 cm³/mol. The number of nitrogens with one attached hydrogen (secondary N) is 1. The van der Waals surface area contributed by atoms with Crippen LogP contribution in [0.15, 0.2) is 24.3 Å². The molecule has 0 aromatic heterocycles. The minimum Gasteiger partial charge on any atom is -0.493 e. The third kappa shape index (κ3) is 3.26. The first-order valence-electron chi connectivity index (χ1n) is 7.24. The summed E-state index contributed by atoms with van der Waals surface area (Å²) in [6, 6.07) is 8.83. The molecule has 0 heterocycles. The zero-order chi connectivity index (χ0) is 12.8. The normalized spacial score (nSPS) is 17.9. The summed E-state index contributed by atoms with van der Waals surface area (Å²) in [5.74, 6) is 1.83. The van der Waals surface area contributed by atoms with Crippen molar-refractivity contribution in [3.05, 3.63) is 29.8 Å². The molecule has 1 aromatic carbocycles. The second-order valence-corrected chi connectivity index (χ2v) is 5.25. The number of rotatable bonds is 6. The summed E-state index contributed by atoms with van der Waals surface area (Å²) < 4.78 is 6.07. The molecule has 1 aliphatic rings. The van der Waals surface area contributed by atoms with Crippen LogP contribution in [0.2, 0.25) is 0 Å². The smallest absolute Gasteiger partial charge is 0.124 e. The van der Waals surface area contributed by atoms with Crippen LogP contribution in [0.1, 0.15) is 50.6 Å². The molecule has 1 fully saturated rings. The van der Waals surface area contributed by atoms with Crippen molar-refractivity contribution >= 4 is 0 Å². The highest BCUT2D eigenvalue weighted by Crippen LogP contribution is 2.29. The largest absolute Gasteiger partial charge is 0.493 e. The topological polar surface area (TPSA) is 21.3 Å². The van der Waals surface area contributed by atoms with Crippen LogP contribution >= 0.6 is 0 Å². The van der Waals surface area contributed by atoms with Crippen molar-refractivity contribution in [2.45, 2.75) is 45.1 Å². The quantitative estimate of drug-likeness (QED) is 0.822. The Hall–Kier alpha value is -1.02. The van der Waals surface area contributed by atoms with E-state index in [1.807, 2.05) is 7.05 Å². The Morgan fingerprint density at radius 3 is 2.67 bits per heavy atom. The highest BCUT2D eigenvalue weighted by molar-refractivity contribution is 5.35. The van der Waals surface area contributed by atoms with Crippen LogP contribution in [0, 0.1) is 5.92 Å². The zero-order valence-corrected chi connectivity index (χ0v) is 11.6. The third-order valence-electron chi connectivity index (χ3n) is 4.00. The molecule has 2 rings (SSSR count). The molecule has 0 saturated heterocycles. The van der Waals surface area contributed by atoms with Gasteiger partial charge in [0, 0.05) is 11.6 Å². The van der Waals surface area contributed by atoms with Gasteiger partial charge >= 0.3 is 0 Å². The monoisotopic (exact) mass is 247 g/mol. The van der Waals surface area contributed by atoms with Crippen LogP contribution in [-0.4, -0.2) is 13.7 Å². The Kier molecular flexibility index (Phi) is 5.06. The minimum atomic E-state index is 0.393. The highest BCUT2D eigenvalue weighted by Gasteiger charge is 2.17. The van der Waals surface area contributed by atoms with Crippen molar-refractivity contribution < 1.29 is 4.74 Å². The Labute approximate surface area is 111 Å². The molecule has 1 N–H and O–H groups in total. The molecule has 1 saturated carbocycles. The van der Waals surface area contributed by atoms with Gasteiger partial charge in [-0.15, -0.1) is 0 Å². The molecular weight excluding hydrogens is 222 g/mol. The second-order valence-electron chi connectivity index (χ2n) is 5.25. The van der Waals surface area contributed by atoms with Crippen molar-refractivity contribution in [3.8, 4) is 5.75 Å². The van der Waals surface area contributed by atoms with E-state index in [1.165, 1.54) is 31.2 Å². The van der Waals surface area contributed by atoms with Gasteiger partial charge < -0.3 is 10.1 Å². The van der Waals surface area contributed by atoms with Crippen LogP contribution in [0.3, 0.4) is 0 Å². The fourth-order valence-corrected chi connectivity index (χ4v) is 2.86. The molecule has 0 radical (unpaired) electrons. The molecule has 18 heavy (non-hydrogen) atoms. The summed E-state index contributed by atoms with van der Waals surface area (Å²) in [6.07, 6.45) is 6.52. The van der Waals surface area contributed by atoms with Gasteiger partial charge in [0.15, 0.2) is 0 Å². The van der Waals surface area contributed by atoms with Gasteiger partial charge in [0.05, 0.1) is 6.61 Å². The lowest BCUT2D eigenvalue weighted by Gasteiger charge is -2.20. The SMILES string of the molecule is CCC(NC)c1ccccc1OCC1CCCC1. The lowest BCUT2D eigenvalue weighted by atomic mass is 10.0. The lowest BCUT2D eigenvalue weighted by molar-refractivity contribution is 0.248. The number of hydrogen-bond acceptors (Lipinski definition) is 2. The maximum atomic E-state index is 6.07.